The normalized spacial score (nSPS) is 12.6. The van der Waals surface area contributed by atoms with Crippen molar-refractivity contribution in [1.82, 2.24) is 9.97 Å². The molecule has 0 atom stereocenters. The smallest absolute Gasteiger partial charge is 0.143 e. The Morgan fingerprint density at radius 2 is 1.39 bits per heavy atom. The van der Waals surface area contributed by atoms with Gasteiger partial charge in [0.05, 0.1) is 5.69 Å². The fourth-order valence-electron chi connectivity index (χ4n) is 6.23. The van der Waals surface area contributed by atoms with E-state index in [4.69, 9.17) is 4.74 Å². The molecular formula is C38H26N2O. The summed E-state index contributed by atoms with van der Waals surface area (Å²) in [5, 5.41) is 6.92. The standard InChI is InChI=1S/C38H26N2O/c1-2-10-28-26(9-1)23-34(30-12-4-3-11-29(28)30)37-31-13-5-6-14-32(31)38(33-20-22-39-24-35(33)37)41-27-18-16-25(17-19-27)36-15-7-8-21-40-36/h2-8,10-24H,1,9H2. The molecule has 0 fully saturated rings. The first-order chi connectivity index (χ1) is 20.3. The van der Waals surface area contributed by atoms with Crippen molar-refractivity contribution in [2.45, 2.75) is 12.8 Å². The molecule has 7 aromatic rings. The molecular weight excluding hydrogens is 500 g/mol. The van der Waals surface area contributed by atoms with Crippen LogP contribution in [0.1, 0.15) is 17.5 Å². The van der Waals surface area contributed by atoms with Crippen molar-refractivity contribution in [3.05, 3.63) is 139 Å². The topological polar surface area (TPSA) is 35.0 Å². The van der Waals surface area contributed by atoms with Crippen LogP contribution in [0.5, 0.6) is 11.5 Å². The molecule has 3 heteroatoms. The summed E-state index contributed by atoms with van der Waals surface area (Å²) < 4.78 is 6.71. The summed E-state index contributed by atoms with van der Waals surface area (Å²) in [4.78, 5) is 9.07. The van der Waals surface area contributed by atoms with Crippen molar-refractivity contribution in [2.75, 3.05) is 0 Å². The highest BCUT2D eigenvalue weighted by Crippen LogP contribution is 2.47. The van der Waals surface area contributed by atoms with Gasteiger partial charge in [-0.3, -0.25) is 9.97 Å². The van der Waals surface area contributed by atoms with Crippen molar-refractivity contribution in [3.63, 3.8) is 0 Å². The highest BCUT2D eigenvalue weighted by molar-refractivity contribution is 6.20. The number of rotatable bonds is 4. The van der Waals surface area contributed by atoms with Crippen molar-refractivity contribution in [1.29, 1.82) is 0 Å². The highest BCUT2D eigenvalue weighted by Gasteiger charge is 2.21. The van der Waals surface area contributed by atoms with Crippen molar-refractivity contribution >= 4 is 38.4 Å². The van der Waals surface area contributed by atoms with E-state index < -0.39 is 0 Å². The summed E-state index contributed by atoms with van der Waals surface area (Å²) in [5.41, 5.74) is 7.19. The molecule has 3 nitrogen and oxygen atoms in total. The second kappa shape index (κ2) is 9.72. The molecule has 0 spiro atoms. The van der Waals surface area contributed by atoms with Gasteiger partial charge < -0.3 is 4.74 Å². The quantitative estimate of drug-likeness (QED) is 0.214. The first-order valence-corrected chi connectivity index (χ1v) is 14.0. The van der Waals surface area contributed by atoms with E-state index in [0.29, 0.717) is 0 Å². The van der Waals surface area contributed by atoms with Gasteiger partial charge in [-0.05, 0) is 99.8 Å². The van der Waals surface area contributed by atoms with Crippen LogP contribution in [-0.2, 0) is 6.42 Å². The Morgan fingerprint density at radius 1 is 0.634 bits per heavy atom. The predicted molar refractivity (Wildman–Crippen MR) is 169 cm³/mol. The van der Waals surface area contributed by atoms with Gasteiger partial charge in [0, 0.05) is 40.3 Å². The summed E-state index contributed by atoms with van der Waals surface area (Å²) in [6.45, 7) is 0. The molecule has 41 heavy (non-hydrogen) atoms. The van der Waals surface area contributed by atoms with Gasteiger partial charge in [0.15, 0.2) is 0 Å². The Balaban J connectivity index is 1.35. The Kier molecular flexibility index (Phi) is 5.60. The van der Waals surface area contributed by atoms with E-state index in [1.54, 1.807) is 0 Å². The molecule has 0 unspecified atom stereocenters. The number of hydrogen-bond acceptors (Lipinski definition) is 3. The molecule has 2 heterocycles. The molecule has 1 aliphatic rings. The zero-order valence-corrected chi connectivity index (χ0v) is 22.4. The average Bonchev–Trinajstić information content (AvgIpc) is 3.05. The molecule has 0 saturated heterocycles. The fourth-order valence-corrected chi connectivity index (χ4v) is 6.23. The number of nitrogens with zero attached hydrogens (tertiary/aromatic N) is 2. The summed E-state index contributed by atoms with van der Waals surface area (Å²) in [5.74, 6) is 1.63. The van der Waals surface area contributed by atoms with Gasteiger partial charge in [-0.25, -0.2) is 0 Å². The number of ether oxygens (including phenoxy) is 1. The van der Waals surface area contributed by atoms with Crippen LogP contribution in [0.25, 0.3) is 60.8 Å². The number of aromatic nitrogens is 2. The molecule has 0 N–H and O–H groups in total. The van der Waals surface area contributed by atoms with Crippen LogP contribution < -0.4 is 4.74 Å². The van der Waals surface area contributed by atoms with Crippen LogP contribution in [-0.4, -0.2) is 9.97 Å². The van der Waals surface area contributed by atoms with Gasteiger partial charge in [0.2, 0.25) is 0 Å². The number of benzene rings is 5. The Labute approximate surface area is 238 Å². The molecule has 0 radical (unpaired) electrons. The van der Waals surface area contributed by atoms with E-state index in [9.17, 15) is 0 Å². The molecule has 8 rings (SSSR count). The largest absolute Gasteiger partial charge is 0.456 e. The van der Waals surface area contributed by atoms with Gasteiger partial charge in [-0.1, -0.05) is 66.7 Å². The molecule has 0 saturated carbocycles. The minimum atomic E-state index is 0.784. The lowest BCUT2D eigenvalue weighted by molar-refractivity contribution is 0.494. The third-order valence-corrected chi connectivity index (χ3v) is 8.12. The van der Waals surface area contributed by atoms with Gasteiger partial charge in [-0.2, -0.15) is 0 Å². The van der Waals surface area contributed by atoms with Crippen LogP contribution in [0, 0.1) is 0 Å². The summed E-state index contributed by atoms with van der Waals surface area (Å²) in [7, 11) is 0. The van der Waals surface area contributed by atoms with Crippen LogP contribution in [0.15, 0.2) is 128 Å². The number of pyridine rings is 2. The van der Waals surface area contributed by atoms with E-state index in [0.717, 1.165) is 57.1 Å². The molecule has 2 aromatic heterocycles. The molecule has 5 aromatic carbocycles. The summed E-state index contributed by atoms with van der Waals surface area (Å²) in [6.07, 6.45) is 12.4. The molecule has 1 aliphatic carbocycles. The SMILES string of the molecule is C1=Cc2c(cc(-c3c4ccccc4c(Oc4ccc(-c5ccccn5)cc4)c4ccncc34)c3ccccc23)CC1. The number of allylic oxidation sites excluding steroid dienone is 1. The highest BCUT2D eigenvalue weighted by atomic mass is 16.5. The third kappa shape index (κ3) is 3.97. The first kappa shape index (κ1) is 23.6. The van der Waals surface area contributed by atoms with Gasteiger partial charge in [-0.15, -0.1) is 0 Å². The van der Waals surface area contributed by atoms with E-state index in [2.05, 4.69) is 94.9 Å². The van der Waals surface area contributed by atoms with Crippen LogP contribution in [0.2, 0.25) is 0 Å². The van der Waals surface area contributed by atoms with Gasteiger partial charge in [0.1, 0.15) is 11.5 Å². The second-order valence-corrected chi connectivity index (χ2v) is 10.5. The molecule has 194 valence electrons. The summed E-state index contributed by atoms with van der Waals surface area (Å²) >= 11 is 0. The maximum Gasteiger partial charge on any atom is 0.143 e. The maximum absolute atomic E-state index is 6.71. The zero-order chi connectivity index (χ0) is 27.2. The minimum Gasteiger partial charge on any atom is -0.456 e. The van der Waals surface area contributed by atoms with Crippen LogP contribution in [0.4, 0.5) is 0 Å². The molecule has 0 amide bonds. The van der Waals surface area contributed by atoms with Crippen molar-refractivity contribution in [2.24, 2.45) is 0 Å². The van der Waals surface area contributed by atoms with Crippen molar-refractivity contribution in [3.8, 4) is 33.9 Å². The predicted octanol–water partition coefficient (Wildman–Crippen LogP) is 10.0. The fraction of sp³-hybridized carbons (Fsp3) is 0.0526. The first-order valence-electron chi connectivity index (χ1n) is 14.0. The number of fused-ring (bicyclic) bond motifs is 5. The lowest BCUT2D eigenvalue weighted by atomic mass is 9.84. The van der Waals surface area contributed by atoms with Crippen LogP contribution >= 0.6 is 0 Å². The van der Waals surface area contributed by atoms with Crippen LogP contribution in [0.3, 0.4) is 0 Å². The van der Waals surface area contributed by atoms with E-state index in [1.807, 2.05) is 48.9 Å². The summed E-state index contributed by atoms with van der Waals surface area (Å²) in [6, 6.07) is 36.0. The lowest BCUT2D eigenvalue weighted by Crippen LogP contribution is -1.98. The van der Waals surface area contributed by atoms with E-state index in [1.165, 1.54) is 33.0 Å². The monoisotopic (exact) mass is 526 g/mol. The minimum absolute atomic E-state index is 0.784. The number of aryl methyl sites for hydroxylation is 1. The average molecular weight is 527 g/mol. The Bertz CT molecular complexity index is 2060. The maximum atomic E-state index is 6.71. The van der Waals surface area contributed by atoms with Crippen molar-refractivity contribution < 1.29 is 4.74 Å². The lowest BCUT2D eigenvalue weighted by Gasteiger charge is -2.21. The third-order valence-electron chi connectivity index (χ3n) is 8.12. The van der Waals surface area contributed by atoms with E-state index >= 15 is 0 Å². The molecule has 0 bridgehead atoms. The zero-order valence-electron chi connectivity index (χ0n) is 22.4. The van der Waals surface area contributed by atoms with Gasteiger partial charge >= 0.3 is 0 Å². The Hall–Kier alpha value is -5.28. The van der Waals surface area contributed by atoms with E-state index in [-0.39, 0.29) is 0 Å². The second-order valence-electron chi connectivity index (χ2n) is 10.5. The number of hydrogen-bond donors (Lipinski definition) is 0. The molecule has 0 aliphatic heterocycles. The Morgan fingerprint density at radius 3 is 2.22 bits per heavy atom. The van der Waals surface area contributed by atoms with Gasteiger partial charge in [0.25, 0.3) is 0 Å².